The quantitative estimate of drug-likeness (QED) is 0.518. The highest BCUT2D eigenvalue weighted by atomic mass is 14.6. The minimum absolute atomic E-state index is 0.529. The predicted molar refractivity (Wildman–Crippen MR) is 84.7 cm³/mol. The number of pyridine rings is 1. The van der Waals surface area contributed by atoms with Crippen molar-refractivity contribution in [3.63, 3.8) is 0 Å². The molecule has 98 valence electrons. The van der Waals surface area contributed by atoms with E-state index in [0.29, 0.717) is 5.92 Å². The molecular weight excluding hydrogens is 230 g/mol. The maximum absolute atomic E-state index is 4.55. The van der Waals surface area contributed by atoms with Crippen molar-refractivity contribution in [2.24, 2.45) is 0 Å². The van der Waals surface area contributed by atoms with Gasteiger partial charge in [0.2, 0.25) is 0 Å². The van der Waals surface area contributed by atoms with E-state index in [1.165, 1.54) is 21.7 Å². The van der Waals surface area contributed by atoms with Gasteiger partial charge in [0.15, 0.2) is 0 Å². The van der Waals surface area contributed by atoms with E-state index in [-0.39, 0.29) is 0 Å². The third kappa shape index (κ3) is 2.46. The molecule has 0 saturated carbocycles. The van der Waals surface area contributed by atoms with Crippen LogP contribution in [0.5, 0.6) is 0 Å². The molecule has 2 aromatic carbocycles. The minimum Gasteiger partial charge on any atom is -0.256 e. The van der Waals surface area contributed by atoms with Gasteiger partial charge in [-0.2, -0.15) is 0 Å². The molecule has 0 spiro atoms. The second-order valence-corrected chi connectivity index (χ2v) is 4.74. The average molecular weight is 251 g/mol. The van der Waals surface area contributed by atoms with Crippen molar-refractivity contribution < 1.29 is 0 Å². The summed E-state index contributed by atoms with van der Waals surface area (Å²) < 4.78 is 0. The molecule has 0 saturated heterocycles. The first kappa shape index (κ1) is 13.5. The van der Waals surface area contributed by atoms with Gasteiger partial charge in [0.25, 0.3) is 0 Å². The van der Waals surface area contributed by atoms with Crippen LogP contribution < -0.4 is 0 Å². The van der Waals surface area contributed by atoms with Crippen LogP contribution in [-0.4, -0.2) is 4.98 Å². The lowest BCUT2D eigenvalue weighted by molar-refractivity contribution is 0.874. The number of hydrogen-bond donors (Lipinski definition) is 0. The van der Waals surface area contributed by atoms with Crippen molar-refractivity contribution in [3.05, 3.63) is 54.2 Å². The molecule has 0 bridgehead atoms. The highest BCUT2D eigenvalue weighted by molar-refractivity contribution is 6.06. The lowest BCUT2D eigenvalue weighted by Gasteiger charge is -2.10. The normalized spacial score (nSPS) is 10.6. The van der Waals surface area contributed by atoms with Crippen LogP contribution in [-0.2, 0) is 0 Å². The fourth-order valence-electron chi connectivity index (χ4n) is 2.41. The zero-order valence-electron chi connectivity index (χ0n) is 12.1. The third-order valence-corrected chi connectivity index (χ3v) is 3.29. The highest BCUT2D eigenvalue weighted by Gasteiger charge is 2.07. The zero-order valence-corrected chi connectivity index (χ0v) is 12.1. The van der Waals surface area contributed by atoms with Gasteiger partial charge in [-0.3, -0.25) is 4.98 Å². The van der Waals surface area contributed by atoms with Crippen LogP contribution in [0.4, 0.5) is 0 Å². The molecule has 0 aliphatic heterocycles. The number of aromatic nitrogens is 1. The van der Waals surface area contributed by atoms with Crippen molar-refractivity contribution in [2.75, 3.05) is 0 Å². The van der Waals surface area contributed by atoms with Gasteiger partial charge < -0.3 is 0 Å². The first-order chi connectivity index (χ1) is 9.27. The van der Waals surface area contributed by atoms with Gasteiger partial charge in [-0.05, 0) is 22.9 Å². The Morgan fingerprint density at radius 3 is 2.32 bits per heavy atom. The monoisotopic (exact) mass is 251 g/mol. The van der Waals surface area contributed by atoms with Crippen LogP contribution in [0.1, 0.15) is 39.2 Å². The Morgan fingerprint density at radius 1 is 0.842 bits per heavy atom. The van der Waals surface area contributed by atoms with Crippen LogP contribution in [0.2, 0.25) is 0 Å². The topological polar surface area (TPSA) is 12.9 Å². The van der Waals surface area contributed by atoms with Crippen LogP contribution >= 0.6 is 0 Å². The fourth-order valence-corrected chi connectivity index (χ4v) is 2.41. The zero-order chi connectivity index (χ0) is 13.8. The molecule has 0 amide bonds. The van der Waals surface area contributed by atoms with Crippen LogP contribution in [0.15, 0.2) is 48.7 Å². The molecule has 3 aromatic rings. The van der Waals surface area contributed by atoms with Crippen LogP contribution in [0, 0.1) is 0 Å². The molecule has 3 rings (SSSR count). The smallest absolute Gasteiger partial charge is 0.0783 e. The average Bonchev–Trinajstić information content (AvgIpc) is 2.48. The first-order valence-corrected chi connectivity index (χ1v) is 7.04. The van der Waals surface area contributed by atoms with Gasteiger partial charge in [0.1, 0.15) is 0 Å². The molecule has 1 heterocycles. The Balaban J connectivity index is 0.000000637. The lowest BCUT2D eigenvalue weighted by atomic mass is 9.96. The number of fused-ring (bicyclic) bond motifs is 3. The molecule has 0 aliphatic rings. The van der Waals surface area contributed by atoms with Gasteiger partial charge >= 0.3 is 0 Å². The molecule has 0 atom stereocenters. The first-order valence-electron chi connectivity index (χ1n) is 7.04. The van der Waals surface area contributed by atoms with Gasteiger partial charge in [0, 0.05) is 17.0 Å². The molecule has 0 radical (unpaired) electrons. The second-order valence-electron chi connectivity index (χ2n) is 4.74. The van der Waals surface area contributed by atoms with Gasteiger partial charge in [-0.25, -0.2) is 0 Å². The van der Waals surface area contributed by atoms with E-state index in [2.05, 4.69) is 61.3 Å². The van der Waals surface area contributed by atoms with Crippen LogP contribution in [0.25, 0.3) is 21.7 Å². The summed E-state index contributed by atoms with van der Waals surface area (Å²) in [5, 5.41) is 3.78. The maximum atomic E-state index is 4.55. The highest BCUT2D eigenvalue weighted by Crippen LogP contribution is 2.29. The molecular formula is C18H21N. The van der Waals surface area contributed by atoms with Crippen molar-refractivity contribution in [1.29, 1.82) is 0 Å². The van der Waals surface area contributed by atoms with Crippen LogP contribution in [0.3, 0.4) is 0 Å². The minimum atomic E-state index is 0.529. The summed E-state index contributed by atoms with van der Waals surface area (Å²) in [6.07, 6.45) is 1.92. The van der Waals surface area contributed by atoms with Gasteiger partial charge in [0.05, 0.1) is 5.52 Å². The summed E-state index contributed by atoms with van der Waals surface area (Å²) in [7, 11) is 0. The summed E-state index contributed by atoms with van der Waals surface area (Å²) >= 11 is 0. The summed E-state index contributed by atoms with van der Waals surface area (Å²) in [5.41, 5.74) is 2.50. The number of hydrogen-bond acceptors (Lipinski definition) is 1. The fraction of sp³-hybridized carbons (Fsp3) is 0.278. The SMILES string of the molecule is CC.CC(C)c1ccnc2c1ccc1ccccc12. The summed E-state index contributed by atoms with van der Waals surface area (Å²) in [6.45, 7) is 8.45. The van der Waals surface area contributed by atoms with Crippen molar-refractivity contribution >= 4 is 21.7 Å². The Kier molecular flexibility index (Phi) is 4.16. The van der Waals surface area contributed by atoms with E-state index in [1.807, 2.05) is 20.0 Å². The Bertz CT molecular complexity index is 683. The molecule has 0 fully saturated rings. The summed E-state index contributed by atoms with van der Waals surface area (Å²) in [5.74, 6) is 0.529. The molecule has 1 aromatic heterocycles. The molecule has 0 aliphatic carbocycles. The van der Waals surface area contributed by atoms with Crippen molar-refractivity contribution in [3.8, 4) is 0 Å². The second kappa shape index (κ2) is 5.83. The maximum Gasteiger partial charge on any atom is 0.0783 e. The molecule has 0 unspecified atom stereocenters. The molecule has 19 heavy (non-hydrogen) atoms. The van der Waals surface area contributed by atoms with Crippen molar-refractivity contribution in [1.82, 2.24) is 4.98 Å². The summed E-state index contributed by atoms with van der Waals surface area (Å²) in [4.78, 5) is 4.55. The van der Waals surface area contributed by atoms with Crippen molar-refractivity contribution in [2.45, 2.75) is 33.6 Å². The van der Waals surface area contributed by atoms with Gasteiger partial charge in [-0.15, -0.1) is 0 Å². The number of nitrogens with zero attached hydrogens (tertiary/aromatic N) is 1. The van der Waals surface area contributed by atoms with E-state index < -0.39 is 0 Å². The Hall–Kier alpha value is -1.89. The number of rotatable bonds is 1. The number of benzene rings is 2. The van der Waals surface area contributed by atoms with Gasteiger partial charge in [-0.1, -0.05) is 64.1 Å². The third-order valence-electron chi connectivity index (χ3n) is 3.29. The Morgan fingerprint density at radius 2 is 1.58 bits per heavy atom. The summed E-state index contributed by atoms with van der Waals surface area (Å²) in [6, 6.07) is 14.9. The van der Waals surface area contributed by atoms with E-state index in [0.717, 1.165) is 5.52 Å². The standard InChI is InChI=1S/C16H15N.C2H6/c1-11(2)13-9-10-17-16-14-6-4-3-5-12(14)7-8-15(13)16;1-2/h3-11H,1-2H3;1-2H3. The lowest BCUT2D eigenvalue weighted by Crippen LogP contribution is -1.91. The predicted octanol–water partition coefficient (Wildman–Crippen LogP) is 5.54. The Labute approximate surface area is 115 Å². The molecule has 0 N–H and O–H groups in total. The van der Waals surface area contributed by atoms with E-state index in [4.69, 9.17) is 0 Å². The largest absolute Gasteiger partial charge is 0.256 e. The molecule has 1 nitrogen and oxygen atoms in total. The van der Waals surface area contributed by atoms with E-state index >= 15 is 0 Å². The molecule has 1 heteroatoms. The van der Waals surface area contributed by atoms with E-state index in [1.54, 1.807) is 0 Å². The van der Waals surface area contributed by atoms with E-state index in [9.17, 15) is 0 Å².